The predicted molar refractivity (Wildman–Crippen MR) is 98.7 cm³/mol. The van der Waals surface area contributed by atoms with Gasteiger partial charge in [0.05, 0.1) is 17.2 Å². The zero-order valence-electron chi connectivity index (χ0n) is 16.5. The molecule has 1 unspecified atom stereocenters. The Morgan fingerprint density at radius 1 is 1.34 bits per heavy atom. The molecule has 162 valence electrons. The summed E-state index contributed by atoms with van der Waals surface area (Å²) >= 11 is 5.77. The number of rotatable bonds is 3. The number of ether oxygens (including phenoxy) is 2. The number of aromatic nitrogens is 1. The number of carbonyl (C=O) groups excluding carboxylic acids is 2. The molecule has 0 saturated carbocycles. The van der Waals surface area contributed by atoms with Crippen molar-refractivity contribution < 1.29 is 32.2 Å². The van der Waals surface area contributed by atoms with E-state index in [1.807, 2.05) is 0 Å². The third-order valence-corrected chi connectivity index (χ3v) is 4.40. The molecule has 1 aliphatic heterocycles. The first-order valence-electron chi connectivity index (χ1n) is 8.93. The van der Waals surface area contributed by atoms with E-state index < -0.39 is 47.1 Å². The minimum atomic E-state index is -4.67. The summed E-state index contributed by atoms with van der Waals surface area (Å²) in [7, 11) is 0. The van der Waals surface area contributed by atoms with Crippen LogP contribution < -0.4 is 5.32 Å². The van der Waals surface area contributed by atoms with Gasteiger partial charge in [-0.25, -0.2) is 14.6 Å². The van der Waals surface area contributed by atoms with Gasteiger partial charge >= 0.3 is 18.2 Å². The number of esters is 1. The molecule has 0 radical (unpaired) electrons. The Morgan fingerprint density at radius 3 is 2.59 bits per heavy atom. The third kappa shape index (κ3) is 6.46. The van der Waals surface area contributed by atoms with E-state index in [2.05, 4.69) is 10.3 Å². The fourth-order valence-corrected chi connectivity index (χ4v) is 2.83. The van der Waals surface area contributed by atoms with Crippen molar-refractivity contribution in [3.63, 3.8) is 0 Å². The number of hydrogen-bond acceptors (Lipinski definition) is 6. The summed E-state index contributed by atoms with van der Waals surface area (Å²) in [6.07, 6.45) is -5.37. The maximum absolute atomic E-state index is 12.9. The molecule has 1 amide bonds. The summed E-state index contributed by atoms with van der Waals surface area (Å²) in [5, 5.41) is 2.73. The highest BCUT2D eigenvalue weighted by atomic mass is 35.5. The van der Waals surface area contributed by atoms with Crippen molar-refractivity contribution in [1.29, 1.82) is 0 Å². The molecule has 2 heterocycles. The first kappa shape index (κ1) is 23.2. The van der Waals surface area contributed by atoms with Gasteiger partial charge in [-0.2, -0.15) is 13.2 Å². The second-order valence-corrected chi connectivity index (χ2v) is 8.02. The molecule has 0 aromatic carbocycles. The van der Waals surface area contributed by atoms with Gasteiger partial charge in [0.15, 0.2) is 0 Å². The molecule has 0 bridgehead atoms. The zero-order valence-corrected chi connectivity index (χ0v) is 17.2. The second kappa shape index (κ2) is 8.74. The van der Waals surface area contributed by atoms with Crippen LogP contribution in [0.2, 0.25) is 5.15 Å². The highest BCUT2D eigenvalue weighted by molar-refractivity contribution is 6.32. The number of nitrogens with zero attached hydrogens (tertiary/aromatic N) is 2. The molecular formula is C18H23ClF3N3O4. The van der Waals surface area contributed by atoms with Crippen LogP contribution in [-0.2, 0) is 15.7 Å². The molecule has 1 aromatic heterocycles. The van der Waals surface area contributed by atoms with Crippen molar-refractivity contribution in [2.75, 3.05) is 19.6 Å². The van der Waals surface area contributed by atoms with Crippen LogP contribution in [0.4, 0.5) is 18.0 Å². The molecule has 0 aliphatic carbocycles. The molecule has 29 heavy (non-hydrogen) atoms. The molecule has 2 atom stereocenters. The number of nitrogens with one attached hydrogen (secondary N) is 1. The lowest BCUT2D eigenvalue weighted by Crippen LogP contribution is -2.57. The topological polar surface area (TPSA) is 80.8 Å². The van der Waals surface area contributed by atoms with Crippen molar-refractivity contribution >= 4 is 23.7 Å². The zero-order chi connectivity index (χ0) is 22.0. The van der Waals surface area contributed by atoms with E-state index in [-0.39, 0.29) is 11.7 Å². The summed E-state index contributed by atoms with van der Waals surface area (Å²) in [6, 6.07) is 0.170. The molecule has 1 N–H and O–H groups in total. The number of piperazine rings is 1. The highest BCUT2D eigenvalue weighted by Gasteiger charge is 2.34. The van der Waals surface area contributed by atoms with Crippen molar-refractivity contribution in [2.24, 2.45) is 0 Å². The SMILES string of the molecule is CC(OC(=O)c1cc(C(F)(F)F)cnc1Cl)[C@H]1CN(C(=O)OC(C)(C)C)CCN1. The van der Waals surface area contributed by atoms with E-state index in [1.165, 1.54) is 4.90 Å². The van der Waals surface area contributed by atoms with Gasteiger partial charge in [0, 0.05) is 25.8 Å². The third-order valence-electron chi connectivity index (χ3n) is 4.10. The summed E-state index contributed by atoms with van der Waals surface area (Å²) in [4.78, 5) is 29.5. The number of alkyl halides is 3. The molecule has 0 spiro atoms. The first-order valence-corrected chi connectivity index (χ1v) is 9.31. The largest absolute Gasteiger partial charge is 0.457 e. The quantitative estimate of drug-likeness (QED) is 0.575. The second-order valence-electron chi connectivity index (χ2n) is 7.66. The average molecular weight is 438 g/mol. The van der Waals surface area contributed by atoms with E-state index in [0.29, 0.717) is 25.4 Å². The summed E-state index contributed by atoms with van der Waals surface area (Å²) in [5.74, 6) is -1.03. The number of amides is 1. The fraction of sp³-hybridized carbons (Fsp3) is 0.611. The molecule has 1 saturated heterocycles. The van der Waals surface area contributed by atoms with E-state index >= 15 is 0 Å². The normalized spacial score (nSPS) is 18.9. The summed E-state index contributed by atoms with van der Waals surface area (Å²) in [6.45, 7) is 7.89. The monoisotopic (exact) mass is 437 g/mol. The van der Waals surface area contributed by atoms with Gasteiger partial charge in [0.1, 0.15) is 16.9 Å². The van der Waals surface area contributed by atoms with Crippen LogP contribution in [0, 0.1) is 0 Å². The van der Waals surface area contributed by atoms with Gasteiger partial charge < -0.3 is 19.7 Å². The van der Waals surface area contributed by atoms with E-state index in [9.17, 15) is 22.8 Å². The summed E-state index contributed by atoms with van der Waals surface area (Å²) < 4.78 is 49.2. The Morgan fingerprint density at radius 2 is 2.00 bits per heavy atom. The van der Waals surface area contributed by atoms with Gasteiger partial charge in [0.2, 0.25) is 0 Å². The Balaban J connectivity index is 2.05. The number of pyridine rings is 1. The molecule has 2 rings (SSSR count). The lowest BCUT2D eigenvalue weighted by atomic mass is 10.1. The van der Waals surface area contributed by atoms with Crippen LogP contribution in [0.5, 0.6) is 0 Å². The first-order chi connectivity index (χ1) is 13.3. The van der Waals surface area contributed by atoms with Crippen molar-refractivity contribution in [2.45, 2.75) is 51.6 Å². The van der Waals surface area contributed by atoms with E-state index in [1.54, 1.807) is 27.7 Å². The summed E-state index contributed by atoms with van der Waals surface area (Å²) in [5.41, 5.74) is -2.23. The lowest BCUT2D eigenvalue weighted by molar-refractivity contribution is -0.137. The Bertz CT molecular complexity index is 768. The Hall–Kier alpha value is -2.07. The van der Waals surface area contributed by atoms with Crippen molar-refractivity contribution in [3.05, 3.63) is 28.5 Å². The van der Waals surface area contributed by atoms with Crippen LogP contribution in [0.25, 0.3) is 0 Å². The standard InChI is InChI=1S/C18H23ClF3N3O4/c1-10(13-9-25(6-5-23-13)16(27)29-17(2,3)4)28-15(26)12-7-11(18(20,21)22)8-24-14(12)19/h7-8,10,13,23H,5-6,9H2,1-4H3/t10?,13-/m1/s1. The Kier molecular flexibility index (Phi) is 7.00. The lowest BCUT2D eigenvalue weighted by Gasteiger charge is -2.36. The van der Waals surface area contributed by atoms with Gasteiger partial charge in [0.25, 0.3) is 0 Å². The molecular weight excluding hydrogens is 415 g/mol. The van der Waals surface area contributed by atoms with Crippen molar-refractivity contribution in [3.8, 4) is 0 Å². The number of halogens is 4. The minimum absolute atomic E-state index is 0.206. The average Bonchev–Trinajstić information content (AvgIpc) is 2.59. The maximum atomic E-state index is 12.9. The van der Waals surface area contributed by atoms with E-state index in [4.69, 9.17) is 21.1 Å². The maximum Gasteiger partial charge on any atom is 0.417 e. The molecule has 1 fully saturated rings. The van der Waals surface area contributed by atoms with Gasteiger partial charge in [-0.15, -0.1) is 0 Å². The van der Waals surface area contributed by atoms with Crippen LogP contribution in [-0.4, -0.2) is 59.3 Å². The highest BCUT2D eigenvalue weighted by Crippen LogP contribution is 2.31. The van der Waals surface area contributed by atoms with Crippen LogP contribution in [0.15, 0.2) is 12.3 Å². The van der Waals surface area contributed by atoms with Gasteiger partial charge in [-0.3, -0.25) is 0 Å². The fourth-order valence-electron chi connectivity index (χ4n) is 2.65. The number of hydrogen-bond donors (Lipinski definition) is 1. The molecule has 11 heteroatoms. The number of carbonyl (C=O) groups is 2. The molecule has 7 nitrogen and oxygen atoms in total. The van der Waals surface area contributed by atoms with Gasteiger partial charge in [-0.1, -0.05) is 11.6 Å². The van der Waals surface area contributed by atoms with Gasteiger partial charge in [-0.05, 0) is 33.8 Å². The van der Waals surface area contributed by atoms with Crippen LogP contribution >= 0.6 is 11.6 Å². The van der Waals surface area contributed by atoms with Crippen LogP contribution in [0.1, 0.15) is 43.6 Å². The van der Waals surface area contributed by atoms with E-state index in [0.717, 1.165) is 0 Å². The van der Waals surface area contributed by atoms with Crippen molar-refractivity contribution in [1.82, 2.24) is 15.2 Å². The Labute approximate surface area is 171 Å². The molecule has 1 aliphatic rings. The smallest absolute Gasteiger partial charge is 0.417 e. The predicted octanol–water partition coefficient (Wildman–Crippen LogP) is 3.51. The van der Waals surface area contributed by atoms with Crippen LogP contribution in [0.3, 0.4) is 0 Å². The minimum Gasteiger partial charge on any atom is -0.457 e. The molecule has 1 aromatic rings.